The molecule has 3 nitrogen and oxygen atoms in total. The second kappa shape index (κ2) is 4.60. The molecule has 1 aromatic rings. The minimum absolute atomic E-state index is 0. The topological polar surface area (TPSA) is 37.4 Å². The molecule has 0 spiro atoms. The van der Waals surface area contributed by atoms with Crippen LogP contribution in [0.1, 0.15) is 0 Å². The van der Waals surface area contributed by atoms with Crippen molar-refractivity contribution >= 4 is 22.4 Å². The fourth-order valence-corrected chi connectivity index (χ4v) is 1.73. The highest BCUT2D eigenvalue weighted by atomic mass is 35.5. The van der Waals surface area contributed by atoms with E-state index in [9.17, 15) is 8.42 Å². The van der Waals surface area contributed by atoms with Crippen LogP contribution < -0.4 is 0 Å². The van der Waals surface area contributed by atoms with E-state index in [1.807, 2.05) is 0 Å². The van der Waals surface area contributed by atoms with Crippen molar-refractivity contribution in [1.82, 2.24) is 4.31 Å². The number of sulfonamides is 1. The average molecular weight is 222 g/mol. The third-order valence-electron chi connectivity index (χ3n) is 1.52. The SMILES string of the molecule is CN(C)S(=O)(=O)c1ccccc1.Cl. The molecule has 0 heterocycles. The molecule has 0 radical (unpaired) electrons. The Kier molecular flexibility index (Phi) is 4.39. The Hall–Kier alpha value is -0.580. The van der Waals surface area contributed by atoms with Crippen LogP contribution in [0.5, 0.6) is 0 Å². The van der Waals surface area contributed by atoms with Crippen molar-refractivity contribution in [1.29, 1.82) is 0 Å². The summed E-state index contributed by atoms with van der Waals surface area (Å²) in [6.45, 7) is 0. The van der Waals surface area contributed by atoms with Gasteiger partial charge in [-0.25, -0.2) is 12.7 Å². The highest BCUT2D eigenvalue weighted by molar-refractivity contribution is 7.89. The molecule has 0 N–H and O–H groups in total. The van der Waals surface area contributed by atoms with E-state index < -0.39 is 10.0 Å². The Morgan fingerprint density at radius 1 is 1.08 bits per heavy atom. The van der Waals surface area contributed by atoms with Gasteiger partial charge in [0.05, 0.1) is 4.90 Å². The fourth-order valence-electron chi connectivity index (χ4n) is 0.803. The predicted octanol–water partition coefficient (Wildman–Crippen LogP) is 1.36. The summed E-state index contributed by atoms with van der Waals surface area (Å²) >= 11 is 0. The molecule has 0 saturated heterocycles. The van der Waals surface area contributed by atoms with E-state index in [4.69, 9.17) is 0 Å². The van der Waals surface area contributed by atoms with Gasteiger partial charge in [-0.1, -0.05) is 18.2 Å². The molecule has 13 heavy (non-hydrogen) atoms. The van der Waals surface area contributed by atoms with Crippen LogP contribution in [0.4, 0.5) is 0 Å². The summed E-state index contributed by atoms with van der Waals surface area (Å²) in [4.78, 5) is 0.329. The van der Waals surface area contributed by atoms with Gasteiger partial charge >= 0.3 is 0 Å². The van der Waals surface area contributed by atoms with Crippen LogP contribution in [0.15, 0.2) is 35.2 Å². The lowest BCUT2D eigenvalue weighted by atomic mass is 10.4. The van der Waals surface area contributed by atoms with Gasteiger partial charge in [0.25, 0.3) is 0 Å². The van der Waals surface area contributed by atoms with Gasteiger partial charge in [-0.15, -0.1) is 12.4 Å². The number of nitrogens with zero attached hydrogens (tertiary/aromatic N) is 1. The zero-order valence-electron chi connectivity index (χ0n) is 7.47. The third kappa shape index (κ3) is 2.69. The number of hydrogen-bond acceptors (Lipinski definition) is 2. The van der Waals surface area contributed by atoms with Crippen molar-refractivity contribution < 1.29 is 8.42 Å². The molecule has 0 aliphatic carbocycles. The first-order valence-electron chi connectivity index (χ1n) is 3.53. The van der Waals surface area contributed by atoms with Crippen LogP contribution in [0.2, 0.25) is 0 Å². The molecule has 0 unspecified atom stereocenters. The summed E-state index contributed by atoms with van der Waals surface area (Å²) in [7, 11) is -0.211. The first kappa shape index (κ1) is 12.4. The molecular formula is C8H12ClNO2S. The highest BCUT2D eigenvalue weighted by Crippen LogP contribution is 2.10. The average Bonchev–Trinajstić information content (AvgIpc) is 2.06. The molecule has 1 rings (SSSR count). The number of halogens is 1. The maximum absolute atomic E-state index is 11.5. The van der Waals surface area contributed by atoms with E-state index in [2.05, 4.69) is 0 Å². The summed E-state index contributed by atoms with van der Waals surface area (Å²) in [6.07, 6.45) is 0. The normalized spacial score (nSPS) is 11.0. The number of hydrogen-bond donors (Lipinski definition) is 0. The lowest BCUT2D eigenvalue weighted by Gasteiger charge is -2.10. The molecule has 0 atom stereocenters. The lowest BCUT2D eigenvalue weighted by Crippen LogP contribution is -2.21. The van der Waals surface area contributed by atoms with Crippen molar-refractivity contribution in [2.24, 2.45) is 0 Å². The van der Waals surface area contributed by atoms with Crippen molar-refractivity contribution in [2.75, 3.05) is 14.1 Å². The Bertz CT molecular complexity index is 348. The molecule has 0 aliphatic heterocycles. The van der Waals surface area contributed by atoms with Gasteiger partial charge in [0, 0.05) is 14.1 Å². The van der Waals surface area contributed by atoms with Crippen molar-refractivity contribution in [3.05, 3.63) is 30.3 Å². The minimum Gasteiger partial charge on any atom is -0.207 e. The van der Waals surface area contributed by atoms with Crippen LogP contribution in [0.25, 0.3) is 0 Å². The zero-order valence-corrected chi connectivity index (χ0v) is 9.10. The largest absolute Gasteiger partial charge is 0.242 e. The van der Waals surface area contributed by atoms with Crippen LogP contribution in [0, 0.1) is 0 Å². The van der Waals surface area contributed by atoms with Crippen LogP contribution in [-0.2, 0) is 10.0 Å². The van der Waals surface area contributed by atoms with Crippen LogP contribution >= 0.6 is 12.4 Å². The lowest BCUT2D eigenvalue weighted by molar-refractivity contribution is 0.521. The molecule has 0 fully saturated rings. The summed E-state index contributed by atoms with van der Waals surface area (Å²) in [6, 6.07) is 8.35. The monoisotopic (exact) mass is 221 g/mol. The Morgan fingerprint density at radius 2 is 1.54 bits per heavy atom. The van der Waals surface area contributed by atoms with Crippen LogP contribution in [-0.4, -0.2) is 26.8 Å². The third-order valence-corrected chi connectivity index (χ3v) is 3.35. The molecule has 0 bridgehead atoms. The molecule has 1 aromatic carbocycles. The first-order chi connectivity index (χ1) is 5.55. The maximum Gasteiger partial charge on any atom is 0.242 e. The second-order valence-electron chi connectivity index (χ2n) is 2.60. The van der Waals surface area contributed by atoms with Gasteiger partial charge in [-0.05, 0) is 12.1 Å². The van der Waals surface area contributed by atoms with Gasteiger partial charge in [0.1, 0.15) is 0 Å². The molecule has 0 amide bonds. The van der Waals surface area contributed by atoms with E-state index >= 15 is 0 Å². The minimum atomic E-state index is -3.24. The van der Waals surface area contributed by atoms with Crippen LogP contribution in [0.3, 0.4) is 0 Å². The van der Waals surface area contributed by atoms with E-state index in [-0.39, 0.29) is 12.4 Å². The summed E-state index contributed by atoms with van der Waals surface area (Å²) in [5, 5.41) is 0. The highest BCUT2D eigenvalue weighted by Gasteiger charge is 2.15. The maximum atomic E-state index is 11.5. The standard InChI is InChI=1S/C8H11NO2S.ClH/c1-9(2)12(10,11)8-6-4-3-5-7-8;/h3-7H,1-2H3;1H. The summed E-state index contributed by atoms with van der Waals surface area (Å²) in [5.74, 6) is 0. The molecule has 0 aromatic heterocycles. The second-order valence-corrected chi connectivity index (χ2v) is 4.75. The smallest absolute Gasteiger partial charge is 0.207 e. The van der Waals surface area contributed by atoms with E-state index in [0.29, 0.717) is 4.90 Å². The Balaban J connectivity index is 0.00000144. The summed E-state index contributed by atoms with van der Waals surface area (Å²) in [5.41, 5.74) is 0. The fraction of sp³-hybridized carbons (Fsp3) is 0.250. The molecule has 0 aliphatic rings. The summed E-state index contributed by atoms with van der Waals surface area (Å²) < 4.78 is 24.1. The van der Waals surface area contributed by atoms with Crippen molar-refractivity contribution in [3.63, 3.8) is 0 Å². The van der Waals surface area contributed by atoms with Crippen molar-refractivity contribution in [2.45, 2.75) is 4.90 Å². The van der Waals surface area contributed by atoms with Gasteiger partial charge in [0.15, 0.2) is 0 Å². The van der Waals surface area contributed by atoms with E-state index in [0.717, 1.165) is 0 Å². The van der Waals surface area contributed by atoms with E-state index in [1.54, 1.807) is 30.3 Å². The Morgan fingerprint density at radius 3 is 1.92 bits per heavy atom. The number of rotatable bonds is 2. The zero-order chi connectivity index (χ0) is 9.19. The van der Waals surface area contributed by atoms with E-state index in [1.165, 1.54) is 18.4 Å². The molecular weight excluding hydrogens is 210 g/mol. The van der Waals surface area contributed by atoms with Gasteiger partial charge in [0.2, 0.25) is 10.0 Å². The number of benzene rings is 1. The first-order valence-corrected chi connectivity index (χ1v) is 4.97. The predicted molar refractivity (Wildman–Crippen MR) is 54.6 cm³/mol. The van der Waals surface area contributed by atoms with Crippen molar-refractivity contribution in [3.8, 4) is 0 Å². The Labute approximate surface area is 84.8 Å². The molecule has 74 valence electrons. The quantitative estimate of drug-likeness (QED) is 0.756. The van der Waals surface area contributed by atoms with Gasteiger partial charge < -0.3 is 0 Å². The molecule has 5 heteroatoms. The van der Waals surface area contributed by atoms with Gasteiger partial charge in [-0.3, -0.25) is 0 Å². The molecule has 0 saturated carbocycles. The van der Waals surface area contributed by atoms with Gasteiger partial charge in [-0.2, -0.15) is 0 Å².